The first-order valence-electron chi connectivity index (χ1n) is 26.0. The first kappa shape index (κ1) is 60.3. The zero-order valence-corrected chi connectivity index (χ0v) is 47.0. The van der Waals surface area contributed by atoms with Gasteiger partial charge < -0.3 is 53.7 Å². The first-order valence-corrected chi connectivity index (χ1v) is 27.0. The number of nitrogens with one attached hydrogen (secondary N) is 2. The number of aliphatic imine (C=N–C) groups is 1. The molecule has 0 unspecified atom stereocenters. The third kappa shape index (κ3) is 13.7. The number of allylic oxidation sites excluding steroid dienone is 3. The Hall–Kier alpha value is -2.94. The summed E-state index contributed by atoms with van der Waals surface area (Å²) in [6.07, 6.45) is 15.3. The van der Waals surface area contributed by atoms with Gasteiger partial charge >= 0.3 is 6.03 Å². The predicted octanol–water partition coefficient (Wildman–Crippen LogP) is 6.50. The van der Waals surface area contributed by atoms with E-state index in [1.165, 1.54) is 16.7 Å². The minimum absolute atomic E-state index is 0.00772. The molecule has 416 valence electrons. The first-order chi connectivity index (χ1) is 34.9. The number of nitrogens with zero attached hydrogens (tertiary/aromatic N) is 1. The number of ether oxygens (including phenoxy) is 9. The second-order valence-corrected chi connectivity index (χ2v) is 23.2. The van der Waals surface area contributed by atoms with E-state index in [4.69, 9.17) is 71.6 Å². The van der Waals surface area contributed by atoms with Crippen molar-refractivity contribution in [2.45, 2.75) is 202 Å². The van der Waals surface area contributed by atoms with Crippen LogP contribution in [0.3, 0.4) is 0 Å². The number of isocyanates is 1. The summed E-state index contributed by atoms with van der Waals surface area (Å²) < 4.78 is 52.8. The van der Waals surface area contributed by atoms with Crippen molar-refractivity contribution >= 4 is 52.9 Å². The topological polar surface area (TPSA) is 251 Å². The van der Waals surface area contributed by atoms with Crippen molar-refractivity contribution < 1.29 is 66.6 Å². The van der Waals surface area contributed by atoms with Gasteiger partial charge in [0.05, 0.1) is 73.5 Å². The van der Waals surface area contributed by atoms with Crippen LogP contribution in [0.4, 0.5) is 4.79 Å². The zero-order valence-electron chi connectivity index (χ0n) is 45.5. The van der Waals surface area contributed by atoms with Gasteiger partial charge in [0.15, 0.2) is 5.78 Å². The summed E-state index contributed by atoms with van der Waals surface area (Å²) in [6.45, 7) is 21.3. The molecule has 0 aromatic rings. The summed E-state index contributed by atoms with van der Waals surface area (Å²) in [4.78, 5) is 57.3. The summed E-state index contributed by atoms with van der Waals surface area (Å²) in [6, 6.07) is -0.699. The van der Waals surface area contributed by atoms with E-state index in [1.54, 1.807) is 21.3 Å². The van der Waals surface area contributed by atoms with Gasteiger partial charge in [-0.15, -0.1) is 28.2 Å². The van der Waals surface area contributed by atoms with E-state index >= 15 is 0 Å². The van der Waals surface area contributed by atoms with Gasteiger partial charge in [-0.1, -0.05) is 34.9 Å². The fraction of sp³-hybridized carbons (Fsp3) is 0.796. The number of amides is 4. The van der Waals surface area contributed by atoms with Gasteiger partial charge in [-0.2, -0.15) is 0 Å². The number of carbonyl (C=O) groups is 4. The van der Waals surface area contributed by atoms with Crippen molar-refractivity contribution in [1.29, 1.82) is 0 Å². The summed E-state index contributed by atoms with van der Waals surface area (Å²) in [7, 11) is 5.02. The number of carbonyl (C=O) groups excluding carboxylic acids is 5. The van der Waals surface area contributed by atoms with Gasteiger partial charge in [-0.25, -0.2) is 9.59 Å². The van der Waals surface area contributed by atoms with Crippen LogP contribution in [0.25, 0.3) is 0 Å². The van der Waals surface area contributed by atoms with Gasteiger partial charge in [0.2, 0.25) is 12.0 Å². The third-order valence-corrected chi connectivity index (χ3v) is 17.2. The molecule has 20 heteroatoms. The monoisotopic (exact) mass is 1080 g/mol. The molecule has 9 fully saturated rings. The number of hydrogen-bond donors (Lipinski definition) is 3. The van der Waals surface area contributed by atoms with Crippen LogP contribution < -0.4 is 16.4 Å². The molecule has 18 nitrogen and oxygen atoms in total. The number of rotatable bonds is 15. The number of methoxy groups -OCH3 is 3. The molecule has 4 amide bonds. The van der Waals surface area contributed by atoms with Gasteiger partial charge in [0.25, 0.3) is 5.91 Å². The van der Waals surface area contributed by atoms with Crippen LogP contribution in [0, 0.1) is 17.8 Å². The number of Topliss-reactive ketones (excluding diaryl/α,β-unsaturated/α-hetero) is 1. The van der Waals surface area contributed by atoms with Gasteiger partial charge in [-0.3, -0.25) is 19.7 Å². The van der Waals surface area contributed by atoms with Gasteiger partial charge in [0, 0.05) is 45.6 Å². The maximum Gasteiger partial charge on any atom is 0.321 e. The summed E-state index contributed by atoms with van der Waals surface area (Å²) >= 11 is 10.4. The van der Waals surface area contributed by atoms with Crippen LogP contribution in [-0.4, -0.2) is 165 Å². The Morgan fingerprint density at radius 3 is 1.50 bits per heavy atom. The Kier molecular flexibility index (Phi) is 19.9. The van der Waals surface area contributed by atoms with E-state index in [1.807, 2.05) is 0 Å². The third-order valence-electron chi connectivity index (χ3n) is 16.7. The van der Waals surface area contributed by atoms with Crippen LogP contribution in [0.1, 0.15) is 120 Å². The van der Waals surface area contributed by atoms with Crippen molar-refractivity contribution in [2.75, 3.05) is 52.9 Å². The fourth-order valence-corrected chi connectivity index (χ4v) is 12.5. The molecule has 6 heterocycles. The standard InChI is InChI=1S/C19H29ClN2O5.C16H27NO3.C16H24O4.C3H2ClNO2/c1-11(2)5-6-13-18(3,27-13)16-15(25-4)12(7-8-19(16)10-26-19)21-17(24)22-14(23)9-20;2*1-10(2)5-6-12-15(3,20-12)14-13(18-4)11(17)7-8-16(14)9-19-16;4-1-3(7)5-2-6/h5,12-13,15-16H,6-10H2,1-4H3,(H2,21,22,23,24);5,11-14H,6-9,17H2,1-4H3;5,12-14H,6-9H2,1-4H3;1H2/t12-,13-,15-,16-,18+,19+;11-,12-,13-,14-,15+,16+;12-,13-,14-,15+,16+;/m111./s1. The van der Waals surface area contributed by atoms with E-state index in [2.05, 4.69) is 96.2 Å². The summed E-state index contributed by atoms with van der Waals surface area (Å²) in [5.74, 6) is -1.23. The van der Waals surface area contributed by atoms with Crippen LogP contribution in [-0.2, 0) is 61.8 Å². The number of alkyl halides is 2. The smallest absolute Gasteiger partial charge is 0.321 e. The average molecular weight is 1080 g/mol. The molecule has 3 spiro atoms. The Labute approximate surface area is 447 Å². The fourth-order valence-electron chi connectivity index (χ4n) is 12.4. The summed E-state index contributed by atoms with van der Waals surface area (Å²) in [5.41, 5.74) is 8.91. The highest BCUT2D eigenvalue weighted by Crippen LogP contribution is 2.61. The van der Waals surface area contributed by atoms with Crippen molar-refractivity contribution in [3.8, 4) is 0 Å². The molecular formula is C54H82Cl2N4O14. The van der Waals surface area contributed by atoms with Crippen LogP contribution in [0.5, 0.6) is 0 Å². The quantitative estimate of drug-likeness (QED) is 0.0521. The molecule has 0 bridgehead atoms. The molecule has 6 aliphatic heterocycles. The molecule has 4 N–H and O–H groups in total. The largest absolute Gasteiger partial charge is 0.379 e. The number of ketones is 1. The predicted molar refractivity (Wildman–Crippen MR) is 277 cm³/mol. The molecule has 9 rings (SSSR count). The molecule has 3 saturated carbocycles. The number of hydrogen-bond acceptors (Lipinski definition) is 15. The Balaban J connectivity index is 0.000000172. The lowest BCUT2D eigenvalue weighted by Crippen LogP contribution is -2.60. The molecular weight excluding hydrogens is 1000 g/mol. The second kappa shape index (κ2) is 24.4. The van der Waals surface area contributed by atoms with Crippen LogP contribution in [0.15, 0.2) is 39.9 Å². The average Bonchev–Trinajstić information content (AvgIpc) is 4.08. The Morgan fingerprint density at radius 2 is 1.12 bits per heavy atom. The molecule has 17 atom stereocenters. The number of imide groups is 1. The maximum atomic E-state index is 12.2. The van der Waals surface area contributed by atoms with E-state index in [0.29, 0.717) is 19.4 Å². The van der Waals surface area contributed by atoms with Crippen molar-refractivity contribution in [2.24, 2.45) is 28.5 Å². The second-order valence-electron chi connectivity index (χ2n) is 22.7. The molecule has 74 heavy (non-hydrogen) atoms. The number of urea groups is 1. The van der Waals surface area contributed by atoms with E-state index in [9.17, 15) is 24.0 Å². The van der Waals surface area contributed by atoms with Crippen molar-refractivity contribution in [3.63, 3.8) is 0 Å². The number of halogens is 2. The van der Waals surface area contributed by atoms with Crippen molar-refractivity contribution in [3.05, 3.63) is 34.9 Å². The van der Waals surface area contributed by atoms with Crippen LogP contribution in [0.2, 0.25) is 0 Å². The molecule has 9 aliphatic rings. The normalized spacial score (nSPS) is 41.2. The Morgan fingerprint density at radius 1 is 0.689 bits per heavy atom. The highest BCUT2D eigenvalue weighted by molar-refractivity contribution is 6.28. The minimum Gasteiger partial charge on any atom is -0.379 e. The highest BCUT2D eigenvalue weighted by atomic mass is 35.5. The zero-order chi connectivity index (χ0) is 54.6. The molecule has 0 aromatic carbocycles. The van der Waals surface area contributed by atoms with E-state index in [0.717, 1.165) is 64.2 Å². The summed E-state index contributed by atoms with van der Waals surface area (Å²) in [5, 5.41) is 5.09. The molecule has 3 aliphatic carbocycles. The maximum absolute atomic E-state index is 12.2. The minimum atomic E-state index is -0.656. The molecule has 0 aromatic heterocycles. The van der Waals surface area contributed by atoms with Crippen LogP contribution >= 0.6 is 23.2 Å². The Bertz CT molecular complexity index is 2180. The molecule has 6 saturated heterocycles. The lowest BCUT2D eigenvalue weighted by molar-refractivity contribution is -0.142. The van der Waals surface area contributed by atoms with E-state index in [-0.39, 0.29) is 118 Å². The van der Waals surface area contributed by atoms with Gasteiger partial charge in [0.1, 0.15) is 40.3 Å². The lowest BCUT2D eigenvalue weighted by Gasteiger charge is -2.43. The number of epoxide rings is 6. The number of nitrogens with two attached hydrogens (primary N) is 1. The van der Waals surface area contributed by atoms with Gasteiger partial charge in [-0.05, 0) is 114 Å². The van der Waals surface area contributed by atoms with E-state index < -0.39 is 17.8 Å². The lowest BCUT2D eigenvalue weighted by atomic mass is 9.67. The van der Waals surface area contributed by atoms with Crippen molar-refractivity contribution in [1.82, 2.24) is 10.6 Å². The molecule has 0 radical (unpaired) electrons. The SMILES string of the molecule is CO[C@@H]1C(=O)CC[C@]2(CO2)[C@H]1[C@@]1(C)O[C@@H]1CC=C(C)C.CO[C@@H]1[C@H](N)CC[C@]2(CO2)[C@H]1[C@@]1(C)O[C@@H]1CC=C(C)C.CO[C@@H]1[C@H](NC(=O)NC(=O)CCl)CC[C@]2(CO2)[C@H]1[C@@]1(C)O[C@@H]1CC=C(C)C.O=C=NC(=O)CCl. The highest BCUT2D eigenvalue weighted by Gasteiger charge is 2.74.